The molecule has 38 heavy (non-hydrogen) atoms. The second kappa shape index (κ2) is 19.2. The van der Waals surface area contributed by atoms with E-state index in [1.54, 1.807) is 6.08 Å². The Labute approximate surface area is 241 Å². The first-order chi connectivity index (χ1) is 18.4. The van der Waals surface area contributed by atoms with Crippen LogP contribution in [0.2, 0.25) is 0 Å². The van der Waals surface area contributed by atoms with Crippen molar-refractivity contribution in [3.05, 3.63) is 60.2 Å². The Morgan fingerprint density at radius 2 is 1.97 bits per heavy atom. The highest BCUT2D eigenvalue weighted by Crippen LogP contribution is 2.38. The van der Waals surface area contributed by atoms with Gasteiger partial charge in [-0.3, -0.25) is 4.79 Å². The maximum absolute atomic E-state index is 12.3. The smallest absolute Gasteiger partial charge is 0.434 e. The van der Waals surface area contributed by atoms with E-state index in [0.717, 1.165) is 42.1 Å². The van der Waals surface area contributed by atoms with Crippen LogP contribution in [0.25, 0.3) is 0 Å². The lowest BCUT2D eigenvalue weighted by molar-refractivity contribution is -0.121. The number of aryl methyl sites for hydroxylation is 1. The Morgan fingerprint density at radius 3 is 2.71 bits per heavy atom. The first-order valence-electron chi connectivity index (χ1n) is 13.8. The summed E-state index contributed by atoms with van der Waals surface area (Å²) in [6.45, 7) is 2.86. The van der Waals surface area contributed by atoms with E-state index >= 15 is 0 Å². The van der Waals surface area contributed by atoms with Crippen LogP contribution in [0.5, 0.6) is 0 Å². The molecule has 3 N–H and O–H groups in total. The summed E-state index contributed by atoms with van der Waals surface area (Å²) in [6, 6.07) is 10.0. The van der Waals surface area contributed by atoms with Crippen LogP contribution >= 0.6 is 22.6 Å². The number of ether oxygens (including phenoxy) is 2. The molecule has 5 atom stereocenters. The molecule has 0 aromatic heterocycles. The average Bonchev–Trinajstić information content (AvgIpc) is 3.20. The fraction of sp³-hybridized carbons (Fsp3) is 0.600. The van der Waals surface area contributed by atoms with Crippen LogP contribution in [-0.4, -0.2) is 58.2 Å². The van der Waals surface area contributed by atoms with Crippen LogP contribution in [0.3, 0.4) is 0 Å². The maximum Gasteiger partial charge on any atom is 0.508 e. The van der Waals surface area contributed by atoms with Crippen molar-refractivity contribution in [3.63, 3.8) is 0 Å². The van der Waals surface area contributed by atoms with E-state index in [2.05, 4.69) is 27.9 Å². The molecular formula is C30H44INO6. The molecule has 8 heteroatoms. The number of carbonyl (C=O) groups excluding carboxylic acids is 2. The van der Waals surface area contributed by atoms with E-state index in [0.29, 0.717) is 38.8 Å². The number of hydrogen-bond acceptors (Lipinski definition) is 6. The predicted octanol–water partition coefficient (Wildman–Crippen LogP) is 5.52. The summed E-state index contributed by atoms with van der Waals surface area (Å²) >= 11 is 2.29. The van der Waals surface area contributed by atoms with Gasteiger partial charge in [0, 0.05) is 25.3 Å². The molecule has 0 saturated heterocycles. The van der Waals surface area contributed by atoms with Gasteiger partial charge in [-0.15, -0.1) is 0 Å². The van der Waals surface area contributed by atoms with Crippen molar-refractivity contribution in [2.75, 3.05) is 17.6 Å². The molecular weight excluding hydrogens is 597 g/mol. The molecule has 1 aliphatic rings. The average molecular weight is 642 g/mol. The van der Waals surface area contributed by atoms with E-state index in [1.807, 2.05) is 55.5 Å². The molecule has 1 aromatic carbocycles. The van der Waals surface area contributed by atoms with Crippen molar-refractivity contribution >= 4 is 34.7 Å². The Bertz CT molecular complexity index is 862. The zero-order valence-corrected chi connectivity index (χ0v) is 24.6. The molecule has 0 spiro atoms. The van der Waals surface area contributed by atoms with Gasteiger partial charge in [-0.2, -0.15) is 0 Å². The van der Waals surface area contributed by atoms with E-state index < -0.39 is 24.5 Å². The second-order valence-electron chi connectivity index (χ2n) is 9.72. The van der Waals surface area contributed by atoms with Crippen molar-refractivity contribution in [2.24, 2.45) is 11.8 Å². The number of rotatable bonds is 17. The summed E-state index contributed by atoms with van der Waals surface area (Å²) in [5.41, 5.74) is 1.16. The highest BCUT2D eigenvalue weighted by molar-refractivity contribution is 14.1. The topological polar surface area (TPSA) is 105 Å². The zero-order valence-electron chi connectivity index (χ0n) is 22.5. The van der Waals surface area contributed by atoms with Crippen molar-refractivity contribution in [3.8, 4) is 0 Å². The Morgan fingerprint density at radius 1 is 1.18 bits per heavy atom. The Hall–Kier alpha value is -1.91. The molecule has 7 nitrogen and oxygen atoms in total. The molecule has 0 bridgehead atoms. The van der Waals surface area contributed by atoms with Gasteiger partial charge in [0.1, 0.15) is 6.10 Å². The summed E-state index contributed by atoms with van der Waals surface area (Å²) in [4.78, 5) is 23.9. The van der Waals surface area contributed by atoms with Crippen LogP contribution < -0.4 is 5.32 Å². The maximum atomic E-state index is 12.3. The number of amides is 1. The summed E-state index contributed by atoms with van der Waals surface area (Å²) in [5.74, 6) is -0.327. The molecule has 1 aliphatic carbocycles. The minimum Gasteiger partial charge on any atom is -0.434 e. The van der Waals surface area contributed by atoms with Crippen LogP contribution in [0, 0.1) is 11.8 Å². The van der Waals surface area contributed by atoms with Crippen LogP contribution in [0.15, 0.2) is 54.6 Å². The normalized spacial score (nSPS) is 22.1. The SMILES string of the molecule is CCNC(=O)CCCC=CC[C@H]1C(O)CC(OC(=O)OCCCCI)[C@@H]1C=C[C@@H](O)CCc1ccccc1. The van der Waals surface area contributed by atoms with Gasteiger partial charge in [0.25, 0.3) is 0 Å². The van der Waals surface area contributed by atoms with Crippen LogP contribution in [-0.2, 0) is 20.7 Å². The van der Waals surface area contributed by atoms with Gasteiger partial charge >= 0.3 is 6.16 Å². The van der Waals surface area contributed by atoms with E-state index in [1.165, 1.54) is 0 Å². The number of aliphatic hydroxyl groups excluding tert-OH is 2. The summed E-state index contributed by atoms with van der Waals surface area (Å²) < 4.78 is 11.9. The number of nitrogens with one attached hydrogen (secondary N) is 1. The van der Waals surface area contributed by atoms with Gasteiger partial charge in [-0.25, -0.2) is 4.79 Å². The molecule has 0 radical (unpaired) electrons. The molecule has 212 valence electrons. The fourth-order valence-electron chi connectivity index (χ4n) is 4.67. The fourth-order valence-corrected chi connectivity index (χ4v) is 5.21. The molecule has 0 aliphatic heterocycles. The second-order valence-corrected chi connectivity index (χ2v) is 10.8. The van der Waals surface area contributed by atoms with E-state index in [4.69, 9.17) is 9.47 Å². The molecule has 1 fully saturated rings. The van der Waals surface area contributed by atoms with E-state index in [-0.39, 0.29) is 17.7 Å². The standard InChI is InChI=1S/C30H44INO6/c1-2-32-29(35)15-9-4-3-8-14-25-26(19-18-24(33)17-16-23-12-6-5-7-13-23)28(22-27(25)34)38-30(36)37-21-11-10-20-31/h3,5-8,12-13,18-19,24-28,33-34H,2,4,9-11,14-17,20-22H2,1H3,(H,32,35)/t24-,25+,26+,27?,28?/m0/s1. The monoisotopic (exact) mass is 641 g/mol. The highest BCUT2D eigenvalue weighted by Gasteiger charge is 2.43. The minimum absolute atomic E-state index is 0.0595. The number of allylic oxidation sites excluding steroid dienone is 2. The molecule has 1 aromatic rings. The summed E-state index contributed by atoms with van der Waals surface area (Å²) in [6.07, 6.45) is 11.3. The van der Waals surface area contributed by atoms with Crippen molar-refractivity contribution in [2.45, 2.75) is 83.0 Å². The number of unbranched alkanes of at least 4 members (excludes halogenated alkanes) is 2. The molecule has 2 unspecified atom stereocenters. The number of benzene rings is 1. The Balaban J connectivity index is 1.96. The summed E-state index contributed by atoms with van der Waals surface area (Å²) in [7, 11) is 0. The lowest BCUT2D eigenvalue weighted by atomic mass is 9.89. The molecule has 1 amide bonds. The number of alkyl halides is 1. The van der Waals surface area contributed by atoms with Gasteiger partial charge in [-0.05, 0) is 67.8 Å². The number of aliphatic hydroxyl groups is 2. The number of hydrogen-bond donors (Lipinski definition) is 3. The van der Waals surface area contributed by atoms with Gasteiger partial charge < -0.3 is 25.0 Å². The largest absolute Gasteiger partial charge is 0.508 e. The third kappa shape index (κ3) is 12.8. The molecule has 1 saturated carbocycles. The minimum atomic E-state index is -0.708. The first kappa shape index (κ1) is 32.3. The quantitative estimate of drug-likeness (QED) is 0.0681. The van der Waals surface area contributed by atoms with Gasteiger partial charge in [-0.1, -0.05) is 77.2 Å². The van der Waals surface area contributed by atoms with Crippen molar-refractivity contribution in [1.82, 2.24) is 5.32 Å². The van der Waals surface area contributed by atoms with Crippen molar-refractivity contribution in [1.29, 1.82) is 0 Å². The summed E-state index contributed by atoms with van der Waals surface area (Å²) in [5, 5.41) is 24.2. The predicted molar refractivity (Wildman–Crippen MR) is 158 cm³/mol. The van der Waals surface area contributed by atoms with Gasteiger partial charge in [0.05, 0.1) is 18.8 Å². The van der Waals surface area contributed by atoms with Crippen molar-refractivity contribution < 1.29 is 29.3 Å². The first-order valence-corrected chi connectivity index (χ1v) is 15.4. The van der Waals surface area contributed by atoms with E-state index in [9.17, 15) is 19.8 Å². The highest BCUT2D eigenvalue weighted by atomic mass is 127. The molecule has 2 rings (SSSR count). The zero-order chi connectivity index (χ0) is 27.6. The van der Waals surface area contributed by atoms with Gasteiger partial charge in [0.2, 0.25) is 5.91 Å². The number of carbonyl (C=O) groups is 2. The molecule has 0 heterocycles. The third-order valence-corrected chi connectivity index (χ3v) is 7.50. The van der Waals surface area contributed by atoms with Gasteiger partial charge in [0.15, 0.2) is 0 Å². The lowest BCUT2D eigenvalue weighted by Crippen LogP contribution is -2.25. The third-order valence-electron chi connectivity index (χ3n) is 6.74. The van der Waals surface area contributed by atoms with Crippen LogP contribution in [0.1, 0.15) is 63.9 Å². The van der Waals surface area contributed by atoms with Crippen LogP contribution in [0.4, 0.5) is 4.79 Å². The lowest BCUT2D eigenvalue weighted by Gasteiger charge is -2.22. The number of halogens is 1. The Kier molecular flexibility index (Phi) is 16.3.